The molecule has 8 heteroatoms. The normalized spacial score (nSPS) is 12.5. The molecule has 1 aromatic carbocycles. The molecule has 0 fully saturated rings. The Morgan fingerprint density at radius 3 is 2.36 bits per heavy atom. The highest BCUT2D eigenvalue weighted by atomic mass is 79.9. The molecular formula is C20H21BrN2O5. The Labute approximate surface area is 170 Å². The molecule has 2 rings (SSSR count). The lowest BCUT2D eigenvalue weighted by Crippen LogP contribution is -2.45. The molecule has 1 heterocycles. The van der Waals surface area contributed by atoms with Gasteiger partial charge in [0.15, 0.2) is 10.4 Å². The van der Waals surface area contributed by atoms with Crippen molar-refractivity contribution in [3.8, 4) is 0 Å². The molecule has 0 saturated carbocycles. The van der Waals surface area contributed by atoms with Crippen LogP contribution in [0.2, 0.25) is 0 Å². The number of carboxylic acid groups (broad SMARTS) is 1. The molecule has 7 nitrogen and oxygen atoms in total. The fraction of sp³-hybridized carbons (Fsp3) is 0.250. The minimum atomic E-state index is -1.14. The van der Waals surface area contributed by atoms with Crippen LogP contribution in [0.5, 0.6) is 0 Å². The molecule has 0 radical (unpaired) electrons. The number of hydrogen-bond donors (Lipinski definition) is 3. The quantitative estimate of drug-likeness (QED) is 0.536. The van der Waals surface area contributed by atoms with Gasteiger partial charge in [0.05, 0.1) is 0 Å². The summed E-state index contributed by atoms with van der Waals surface area (Å²) in [5.41, 5.74) is 0.586. The third-order valence-corrected chi connectivity index (χ3v) is 4.14. The summed E-state index contributed by atoms with van der Waals surface area (Å²) in [5.74, 6) is -2.38. The second-order valence-electron chi connectivity index (χ2n) is 6.52. The number of amides is 2. The SMILES string of the molecule is CC(C)CC(NC(=O)C(=Cc1ccccc1)NC(=O)c1ccc(Br)o1)C(=O)O. The van der Waals surface area contributed by atoms with Gasteiger partial charge < -0.3 is 20.2 Å². The van der Waals surface area contributed by atoms with Crippen LogP contribution in [0.15, 0.2) is 57.2 Å². The summed E-state index contributed by atoms with van der Waals surface area (Å²) in [4.78, 5) is 36.6. The number of carboxylic acids is 1. The molecule has 2 amide bonds. The Morgan fingerprint density at radius 1 is 1.14 bits per heavy atom. The third-order valence-electron chi connectivity index (χ3n) is 3.71. The number of hydrogen-bond acceptors (Lipinski definition) is 4. The van der Waals surface area contributed by atoms with Gasteiger partial charge in [-0.15, -0.1) is 0 Å². The van der Waals surface area contributed by atoms with E-state index in [0.29, 0.717) is 10.2 Å². The van der Waals surface area contributed by atoms with Gasteiger partial charge in [-0.3, -0.25) is 9.59 Å². The van der Waals surface area contributed by atoms with Crippen molar-refractivity contribution in [3.05, 3.63) is 64.2 Å². The van der Waals surface area contributed by atoms with E-state index in [1.54, 1.807) is 30.3 Å². The molecule has 0 aliphatic heterocycles. The molecule has 0 aliphatic carbocycles. The Kier molecular flexibility index (Phi) is 7.57. The number of furan rings is 1. The fourth-order valence-electron chi connectivity index (χ4n) is 2.42. The molecule has 28 heavy (non-hydrogen) atoms. The zero-order valence-corrected chi connectivity index (χ0v) is 17.0. The number of benzene rings is 1. The maximum absolute atomic E-state index is 12.7. The van der Waals surface area contributed by atoms with E-state index < -0.39 is 23.8 Å². The lowest BCUT2D eigenvalue weighted by Gasteiger charge is -2.18. The fourth-order valence-corrected chi connectivity index (χ4v) is 2.73. The van der Waals surface area contributed by atoms with E-state index in [0.717, 1.165) is 0 Å². The van der Waals surface area contributed by atoms with E-state index in [1.807, 2.05) is 19.9 Å². The van der Waals surface area contributed by atoms with E-state index in [-0.39, 0.29) is 23.8 Å². The van der Waals surface area contributed by atoms with E-state index >= 15 is 0 Å². The van der Waals surface area contributed by atoms with Crippen LogP contribution in [0.3, 0.4) is 0 Å². The van der Waals surface area contributed by atoms with Gasteiger partial charge in [0.2, 0.25) is 0 Å². The average Bonchev–Trinajstić information content (AvgIpc) is 3.07. The lowest BCUT2D eigenvalue weighted by molar-refractivity contribution is -0.141. The summed E-state index contributed by atoms with van der Waals surface area (Å²) in [6, 6.07) is 10.8. The van der Waals surface area contributed by atoms with E-state index in [4.69, 9.17) is 4.42 Å². The molecule has 1 aromatic heterocycles. The first kappa shape index (κ1) is 21.4. The second-order valence-corrected chi connectivity index (χ2v) is 7.30. The number of halogens is 1. The first-order chi connectivity index (χ1) is 13.3. The topological polar surface area (TPSA) is 109 Å². The number of aliphatic carboxylic acids is 1. The predicted molar refractivity (Wildman–Crippen MR) is 107 cm³/mol. The molecule has 0 spiro atoms. The molecule has 3 N–H and O–H groups in total. The van der Waals surface area contributed by atoms with Gasteiger partial charge in [-0.2, -0.15) is 0 Å². The van der Waals surface area contributed by atoms with Crippen molar-refractivity contribution in [1.82, 2.24) is 10.6 Å². The maximum atomic E-state index is 12.7. The Bertz CT molecular complexity index is 874. The zero-order chi connectivity index (χ0) is 20.7. The highest BCUT2D eigenvalue weighted by Crippen LogP contribution is 2.15. The molecular weight excluding hydrogens is 428 g/mol. The number of carbonyl (C=O) groups excluding carboxylic acids is 2. The van der Waals surface area contributed by atoms with Crippen molar-refractivity contribution in [3.63, 3.8) is 0 Å². The van der Waals surface area contributed by atoms with Crippen LogP contribution in [0.1, 0.15) is 36.4 Å². The monoisotopic (exact) mass is 448 g/mol. The smallest absolute Gasteiger partial charge is 0.326 e. The summed E-state index contributed by atoms with van der Waals surface area (Å²) in [5, 5.41) is 14.3. The van der Waals surface area contributed by atoms with Gasteiger partial charge in [-0.05, 0) is 52.0 Å². The van der Waals surface area contributed by atoms with Gasteiger partial charge in [0.25, 0.3) is 11.8 Å². The second kappa shape index (κ2) is 9.89. The van der Waals surface area contributed by atoms with Crippen LogP contribution >= 0.6 is 15.9 Å². The lowest BCUT2D eigenvalue weighted by atomic mass is 10.0. The van der Waals surface area contributed by atoms with Crippen LogP contribution in [0.25, 0.3) is 6.08 Å². The highest BCUT2D eigenvalue weighted by molar-refractivity contribution is 9.10. The Hall–Kier alpha value is -2.87. The highest BCUT2D eigenvalue weighted by Gasteiger charge is 2.24. The standard InChI is InChI=1S/C20H21BrN2O5/c1-12(2)10-15(20(26)27)23-18(24)14(11-13-6-4-3-5-7-13)22-19(25)16-8-9-17(21)28-16/h3-9,11-12,15H,10H2,1-2H3,(H,22,25)(H,23,24)(H,26,27). The summed E-state index contributed by atoms with van der Waals surface area (Å²) in [6.45, 7) is 3.72. The summed E-state index contributed by atoms with van der Waals surface area (Å²) >= 11 is 3.12. The number of rotatable bonds is 8. The zero-order valence-electron chi connectivity index (χ0n) is 15.4. The van der Waals surface area contributed by atoms with Crippen molar-refractivity contribution in [2.75, 3.05) is 0 Å². The van der Waals surface area contributed by atoms with Gasteiger partial charge in [-0.1, -0.05) is 44.2 Å². The summed E-state index contributed by atoms with van der Waals surface area (Å²) < 4.78 is 5.57. The van der Waals surface area contributed by atoms with Gasteiger partial charge >= 0.3 is 5.97 Å². The first-order valence-corrected chi connectivity index (χ1v) is 9.42. The molecule has 148 valence electrons. The van der Waals surface area contributed by atoms with Crippen molar-refractivity contribution in [2.24, 2.45) is 5.92 Å². The molecule has 0 saturated heterocycles. The third kappa shape index (κ3) is 6.38. The van der Waals surface area contributed by atoms with Gasteiger partial charge in [0, 0.05) is 0 Å². The summed E-state index contributed by atoms with van der Waals surface area (Å²) in [6.07, 6.45) is 1.73. The molecule has 1 unspecified atom stereocenters. The van der Waals surface area contributed by atoms with E-state index in [9.17, 15) is 19.5 Å². The van der Waals surface area contributed by atoms with Crippen LogP contribution in [0.4, 0.5) is 0 Å². The predicted octanol–water partition coefficient (Wildman–Crippen LogP) is 3.43. The number of nitrogens with one attached hydrogen (secondary N) is 2. The maximum Gasteiger partial charge on any atom is 0.326 e. The first-order valence-electron chi connectivity index (χ1n) is 8.63. The molecule has 1 atom stereocenters. The van der Waals surface area contributed by atoms with Crippen LogP contribution in [-0.2, 0) is 9.59 Å². The largest absolute Gasteiger partial charge is 0.480 e. The van der Waals surface area contributed by atoms with Gasteiger partial charge in [0.1, 0.15) is 11.7 Å². The van der Waals surface area contributed by atoms with Crippen LogP contribution in [0, 0.1) is 5.92 Å². The van der Waals surface area contributed by atoms with Crippen molar-refractivity contribution < 1.29 is 23.9 Å². The van der Waals surface area contributed by atoms with Gasteiger partial charge in [-0.25, -0.2) is 4.79 Å². The minimum Gasteiger partial charge on any atom is -0.480 e. The Morgan fingerprint density at radius 2 is 1.82 bits per heavy atom. The van der Waals surface area contributed by atoms with Crippen molar-refractivity contribution in [1.29, 1.82) is 0 Å². The minimum absolute atomic E-state index is 0.00982. The van der Waals surface area contributed by atoms with Crippen LogP contribution < -0.4 is 10.6 Å². The molecule has 0 aliphatic rings. The average molecular weight is 449 g/mol. The molecule has 0 bridgehead atoms. The van der Waals surface area contributed by atoms with E-state index in [1.165, 1.54) is 12.1 Å². The summed E-state index contributed by atoms with van der Waals surface area (Å²) in [7, 11) is 0. The van der Waals surface area contributed by atoms with Crippen LogP contribution in [-0.4, -0.2) is 28.9 Å². The van der Waals surface area contributed by atoms with Crippen molar-refractivity contribution >= 4 is 39.8 Å². The Balaban J connectivity index is 2.27. The van der Waals surface area contributed by atoms with E-state index in [2.05, 4.69) is 26.6 Å². The number of carbonyl (C=O) groups is 3. The molecule has 2 aromatic rings. The van der Waals surface area contributed by atoms with Crippen molar-refractivity contribution in [2.45, 2.75) is 26.3 Å².